The lowest BCUT2D eigenvalue weighted by molar-refractivity contribution is 0.234. The molecule has 2 nitrogen and oxygen atoms in total. The Balaban J connectivity index is 2.26. The minimum Gasteiger partial charge on any atom is -0.313 e. The van der Waals surface area contributed by atoms with Gasteiger partial charge in [0.05, 0.1) is 0 Å². The van der Waals surface area contributed by atoms with E-state index in [1.807, 2.05) is 11.8 Å². The Labute approximate surface area is 92.8 Å². The second-order valence-corrected chi connectivity index (χ2v) is 5.16. The molecule has 1 heterocycles. The van der Waals surface area contributed by atoms with Gasteiger partial charge in [-0.3, -0.25) is 0 Å². The van der Waals surface area contributed by atoms with Gasteiger partial charge in [0.25, 0.3) is 0 Å². The average molecular weight is 216 g/mol. The average Bonchev–Trinajstić information content (AvgIpc) is 2.66. The van der Waals surface area contributed by atoms with Crippen molar-refractivity contribution in [2.24, 2.45) is 0 Å². The van der Waals surface area contributed by atoms with E-state index >= 15 is 0 Å². The molecule has 0 aliphatic carbocycles. The maximum absolute atomic E-state index is 3.56. The molecular weight excluding hydrogens is 192 g/mol. The standard InChI is InChI=1S/C11H24N2S/c1-4-11(9-14-3)13(2)8-10-6-5-7-12-10/h10-12H,4-9H2,1-3H3/t10-,11?/m1/s1. The van der Waals surface area contributed by atoms with Crippen LogP contribution in [0.1, 0.15) is 26.2 Å². The molecular formula is C11H24N2S. The summed E-state index contributed by atoms with van der Waals surface area (Å²) in [6, 6.07) is 1.50. The Morgan fingerprint density at radius 2 is 2.36 bits per heavy atom. The summed E-state index contributed by atoms with van der Waals surface area (Å²) in [4.78, 5) is 2.53. The van der Waals surface area contributed by atoms with Crippen molar-refractivity contribution < 1.29 is 0 Å². The Bertz CT molecular complexity index is 146. The van der Waals surface area contributed by atoms with Gasteiger partial charge in [0.1, 0.15) is 0 Å². The molecule has 0 amide bonds. The number of nitrogens with zero attached hydrogens (tertiary/aromatic N) is 1. The van der Waals surface area contributed by atoms with E-state index in [0.29, 0.717) is 0 Å². The van der Waals surface area contributed by atoms with Gasteiger partial charge in [0, 0.05) is 24.4 Å². The highest BCUT2D eigenvalue weighted by atomic mass is 32.2. The molecule has 0 bridgehead atoms. The van der Waals surface area contributed by atoms with Gasteiger partial charge in [-0.1, -0.05) is 6.92 Å². The first kappa shape index (κ1) is 12.3. The van der Waals surface area contributed by atoms with Crippen LogP contribution in [0.5, 0.6) is 0 Å². The highest BCUT2D eigenvalue weighted by Crippen LogP contribution is 2.12. The molecule has 0 aromatic rings. The van der Waals surface area contributed by atoms with E-state index in [1.54, 1.807) is 0 Å². The van der Waals surface area contributed by atoms with Crippen molar-refractivity contribution in [1.82, 2.24) is 10.2 Å². The lowest BCUT2D eigenvalue weighted by atomic mass is 10.1. The fraction of sp³-hybridized carbons (Fsp3) is 1.00. The first-order valence-corrected chi connectivity index (χ1v) is 7.09. The second kappa shape index (κ2) is 6.70. The molecule has 1 saturated heterocycles. The van der Waals surface area contributed by atoms with Crippen molar-refractivity contribution in [3.8, 4) is 0 Å². The third kappa shape index (κ3) is 3.79. The molecule has 84 valence electrons. The van der Waals surface area contributed by atoms with Crippen LogP contribution in [0, 0.1) is 0 Å². The van der Waals surface area contributed by atoms with Gasteiger partial charge >= 0.3 is 0 Å². The molecule has 1 rings (SSSR count). The number of thioether (sulfide) groups is 1. The quantitative estimate of drug-likeness (QED) is 0.729. The van der Waals surface area contributed by atoms with Gasteiger partial charge in [0.15, 0.2) is 0 Å². The first-order chi connectivity index (χ1) is 6.77. The summed E-state index contributed by atoms with van der Waals surface area (Å²) in [7, 11) is 2.27. The zero-order chi connectivity index (χ0) is 10.4. The summed E-state index contributed by atoms with van der Waals surface area (Å²) in [6.45, 7) is 4.73. The fourth-order valence-corrected chi connectivity index (χ4v) is 3.03. The van der Waals surface area contributed by atoms with Gasteiger partial charge in [-0.15, -0.1) is 0 Å². The molecule has 3 heteroatoms. The Morgan fingerprint density at radius 1 is 1.57 bits per heavy atom. The minimum absolute atomic E-state index is 0.746. The molecule has 1 fully saturated rings. The summed E-state index contributed by atoms with van der Waals surface area (Å²) >= 11 is 1.96. The number of hydrogen-bond acceptors (Lipinski definition) is 3. The SMILES string of the molecule is CCC(CSC)N(C)C[C@H]1CCCN1. The smallest absolute Gasteiger partial charge is 0.0195 e. The largest absolute Gasteiger partial charge is 0.313 e. The van der Waals surface area contributed by atoms with Gasteiger partial charge in [-0.25, -0.2) is 0 Å². The molecule has 1 N–H and O–H groups in total. The summed E-state index contributed by atoms with van der Waals surface area (Å²) in [5.41, 5.74) is 0. The predicted octanol–water partition coefficient (Wildman–Crippen LogP) is 1.81. The molecule has 0 spiro atoms. The van der Waals surface area contributed by atoms with Crippen LogP contribution < -0.4 is 5.32 Å². The normalized spacial score (nSPS) is 24.4. The van der Waals surface area contributed by atoms with Crippen LogP contribution >= 0.6 is 11.8 Å². The highest BCUT2D eigenvalue weighted by molar-refractivity contribution is 7.98. The first-order valence-electron chi connectivity index (χ1n) is 5.70. The molecule has 2 atom stereocenters. The van der Waals surface area contributed by atoms with Crippen LogP contribution in [0.4, 0.5) is 0 Å². The van der Waals surface area contributed by atoms with Gasteiger partial charge in [-0.2, -0.15) is 11.8 Å². The number of nitrogens with one attached hydrogen (secondary N) is 1. The van der Waals surface area contributed by atoms with Crippen molar-refractivity contribution in [2.45, 2.75) is 38.3 Å². The number of likely N-dealkylation sites (N-methyl/N-ethyl adjacent to an activating group) is 1. The van der Waals surface area contributed by atoms with Gasteiger partial charge in [0.2, 0.25) is 0 Å². The maximum Gasteiger partial charge on any atom is 0.0195 e. The second-order valence-electron chi connectivity index (χ2n) is 4.25. The molecule has 1 unspecified atom stereocenters. The van der Waals surface area contributed by atoms with Gasteiger partial charge < -0.3 is 10.2 Å². The molecule has 1 aliphatic heterocycles. The predicted molar refractivity (Wildman–Crippen MR) is 66.1 cm³/mol. The minimum atomic E-state index is 0.746. The zero-order valence-corrected chi connectivity index (χ0v) is 10.6. The maximum atomic E-state index is 3.56. The van der Waals surface area contributed by atoms with Gasteiger partial charge in [-0.05, 0) is 39.1 Å². The lowest BCUT2D eigenvalue weighted by Gasteiger charge is -2.29. The van der Waals surface area contributed by atoms with E-state index in [0.717, 1.165) is 12.1 Å². The summed E-state index contributed by atoms with van der Waals surface area (Å²) < 4.78 is 0. The number of hydrogen-bond donors (Lipinski definition) is 1. The van der Waals surface area contributed by atoms with Crippen molar-refractivity contribution in [1.29, 1.82) is 0 Å². The zero-order valence-electron chi connectivity index (χ0n) is 9.75. The van der Waals surface area contributed by atoms with E-state index in [2.05, 4.69) is 30.4 Å². The van der Waals surface area contributed by atoms with Crippen molar-refractivity contribution in [3.63, 3.8) is 0 Å². The van der Waals surface area contributed by atoms with E-state index in [4.69, 9.17) is 0 Å². The third-order valence-corrected chi connectivity index (χ3v) is 3.84. The van der Waals surface area contributed by atoms with Crippen LogP contribution in [-0.4, -0.2) is 49.1 Å². The highest BCUT2D eigenvalue weighted by Gasteiger charge is 2.19. The van der Waals surface area contributed by atoms with E-state index in [-0.39, 0.29) is 0 Å². The molecule has 0 aromatic carbocycles. The fourth-order valence-electron chi connectivity index (χ4n) is 2.16. The molecule has 1 aliphatic rings. The molecule has 0 saturated carbocycles. The third-order valence-electron chi connectivity index (χ3n) is 3.12. The van der Waals surface area contributed by atoms with Crippen LogP contribution in [0.25, 0.3) is 0 Å². The Morgan fingerprint density at radius 3 is 2.86 bits per heavy atom. The Kier molecular flexibility index (Phi) is 5.90. The van der Waals surface area contributed by atoms with E-state index in [1.165, 1.54) is 38.1 Å². The molecule has 0 radical (unpaired) electrons. The van der Waals surface area contributed by atoms with E-state index < -0.39 is 0 Å². The van der Waals surface area contributed by atoms with E-state index in [9.17, 15) is 0 Å². The molecule has 14 heavy (non-hydrogen) atoms. The van der Waals surface area contributed by atoms with Crippen molar-refractivity contribution in [2.75, 3.05) is 32.1 Å². The summed E-state index contributed by atoms with van der Waals surface area (Å²) in [5, 5.41) is 3.56. The molecule has 0 aromatic heterocycles. The van der Waals surface area contributed by atoms with Crippen molar-refractivity contribution in [3.05, 3.63) is 0 Å². The monoisotopic (exact) mass is 216 g/mol. The van der Waals surface area contributed by atoms with Crippen LogP contribution in [0.15, 0.2) is 0 Å². The summed E-state index contributed by atoms with van der Waals surface area (Å²) in [5.74, 6) is 1.26. The Hall–Kier alpha value is 0.270. The van der Waals surface area contributed by atoms with Crippen LogP contribution in [0.3, 0.4) is 0 Å². The topological polar surface area (TPSA) is 15.3 Å². The summed E-state index contributed by atoms with van der Waals surface area (Å²) in [6.07, 6.45) is 6.19. The lowest BCUT2D eigenvalue weighted by Crippen LogP contribution is -2.41. The van der Waals surface area contributed by atoms with Crippen molar-refractivity contribution >= 4 is 11.8 Å². The van der Waals surface area contributed by atoms with Crippen LogP contribution in [0.2, 0.25) is 0 Å². The van der Waals surface area contributed by atoms with Crippen LogP contribution in [-0.2, 0) is 0 Å². The number of rotatable bonds is 6.